The standard InChI is InChI=1S/C16H14ClN5/c1-22-10-11(14-3-2-12(17)6-15(14)22)4-5-19-16-9-20-13(7-18)8-21-16/h2-3,6,8-10H,4-5H2,1H3,(H,19,21). The van der Waals surface area contributed by atoms with Gasteiger partial charge in [-0.15, -0.1) is 0 Å². The van der Waals surface area contributed by atoms with Crippen LogP contribution in [-0.2, 0) is 13.5 Å². The Kier molecular flexibility index (Phi) is 3.94. The molecule has 5 nitrogen and oxygen atoms in total. The quantitative estimate of drug-likeness (QED) is 0.803. The molecule has 0 amide bonds. The van der Waals surface area contributed by atoms with E-state index in [-0.39, 0.29) is 0 Å². The van der Waals surface area contributed by atoms with Crippen LogP contribution < -0.4 is 5.32 Å². The molecule has 2 heterocycles. The number of benzene rings is 1. The summed E-state index contributed by atoms with van der Waals surface area (Å²) in [5, 5.41) is 13.9. The van der Waals surface area contributed by atoms with Crippen LogP contribution >= 0.6 is 11.6 Å². The van der Waals surface area contributed by atoms with Gasteiger partial charge in [0, 0.05) is 35.7 Å². The molecule has 1 aromatic carbocycles. The molecule has 2 aromatic heterocycles. The number of hydrogen-bond acceptors (Lipinski definition) is 4. The molecule has 0 spiro atoms. The first-order valence-corrected chi connectivity index (χ1v) is 7.24. The molecule has 22 heavy (non-hydrogen) atoms. The van der Waals surface area contributed by atoms with Crippen molar-refractivity contribution < 1.29 is 0 Å². The average molecular weight is 312 g/mol. The van der Waals surface area contributed by atoms with E-state index in [2.05, 4.69) is 32.1 Å². The lowest BCUT2D eigenvalue weighted by atomic mass is 10.1. The summed E-state index contributed by atoms with van der Waals surface area (Å²) < 4.78 is 2.08. The molecular weight excluding hydrogens is 298 g/mol. The number of aromatic nitrogens is 3. The van der Waals surface area contributed by atoms with Crippen LogP contribution in [-0.4, -0.2) is 21.1 Å². The lowest BCUT2D eigenvalue weighted by molar-refractivity contribution is 0.940. The molecule has 0 saturated carbocycles. The zero-order valence-corrected chi connectivity index (χ0v) is 12.8. The number of hydrogen-bond donors (Lipinski definition) is 1. The Morgan fingerprint density at radius 2 is 2.18 bits per heavy atom. The Balaban J connectivity index is 1.70. The number of aryl methyl sites for hydroxylation is 1. The van der Waals surface area contributed by atoms with Crippen molar-refractivity contribution in [1.29, 1.82) is 5.26 Å². The van der Waals surface area contributed by atoms with Gasteiger partial charge in [0.05, 0.1) is 12.4 Å². The maximum atomic E-state index is 8.69. The van der Waals surface area contributed by atoms with Gasteiger partial charge in [0.1, 0.15) is 11.9 Å². The maximum Gasteiger partial charge on any atom is 0.158 e. The van der Waals surface area contributed by atoms with Gasteiger partial charge in [0.15, 0.2) is 5.69 Å². The van der Waals surface area contributed by atoms with Gasteiger partial charge in [0.2, 0.25) is 0 Å². The van der Waals surface area contributed by atoms with Crippen molar-refractivity contribution in [2.45, 2.75) is 6.42 Å². The third-order valence-corrected chi connectivity index (χ3v) is 3.74. The van der Waals surface area contributed by atoms with Crippen LogP contribution in [0.3, 0.4) is 0 Å². The normalized spacial score (nSPS) is 10.6. The summed E-state index contributed by atoms with van der Waals surface area (Å²) in [5.74, 6) is 0.669. The predicted molar refractivity (Wildman–Crippen MR) is 86.9 cm³/mol. The molecule has 0 aliphatic rings. The molecule has 0 fully saturated rings. The highest BCUT2D eigenvalue weighted by atomic mass is 35.5. The first-order chi connectivity index (χ1) is 10.7. The van der Waals surface area contributed by atoms with Gasteiger partial charge in [0.25, 0.3) is 0 Å². The summed E-state index contributed by atoms with van der Waals surface area (Å²) >= 11 is 6.05. The van der Waals surface area contributed by atoms with Crippen molar-refractivity contribution in [2.24, 2.45) is 7.05 Å². The summed E-state index contributed by atoms with van der Waals surface area (Å²) in [6, 6.07) is 7.88. The SMILES string of the molecule is Cn1cc(CCNc2cnc(C#N)cn2)c2ccc(Cl)cc21. The van der Waals surface area contributed by atoms with Gasteiger partial charge in [-0.25, -0.2) is 9.97 Å². The van der Waals surface area contributed by atoms with Crippen molar-refractivity contribution in [3.63, 3.8) is 0 Å². The highest BCUT2D eigenvalue weighted by Gasteiger charge is 2.07. The molecule has 0 unspecified atom stereocenters. The number of fused-ring (bicyclic) bond motifs is 1. The minimum atomic E-state index is 0.316. The Bertz CT molecular complexity index is 845. The minimum absolute atomic E-state index is 0.316. The minimum Gasteiger partial charge on any atom is -0.368 e. The molecule has 0 atom stereocenters. The largest absolute Gasteiger partial charge is 0.368 e. The van der Waals surface area contributed by atoms with Crippen LogP contribution in [0.5, 0.6) is 0 Å². The second-order valence-electron chi connectivity index (χ2n) is 5.00. The van der Waals surface area contributed by atoms with Crippen LogP contribution in [0.4, 0.5) is 5.82 Å². The Morgan fingerprint density at radius 3 is 2.91 bits per heavy atom. The number of halogens is 1. The first kappa shape index (κ1) is 14.4. The van der Waals surface area contributed by atoms with Crippen molar-refractivity contribution >= 4 is 28.3 Å². The molecule has 0 aliphatic heterocycles. The summed E-state index contributed by atoms with van der Waals surface area (Å²) in [6.07, 6.45) is 6.01. The van der Waals surface area contributed by atoms with Gasteiger partial charge in [-0.3, -0.25) is 0 Å². The fraction of sp³-hybridized carbons (Fsp3) is 0.188. The topological polar surface area (TPSA) is 66.5 Å². The van der Waals surface area contributed by atoms with Crippen molar-refractivity contribution in [2.75, 3.05) is 11.9 Å². The highest BCUT2D eigenvalue weighted by molar-refractivity contribution is 6.31. The van der Waals surface area contributed by atoms with Crippen molar-refractivity contribution in [3.8, 4) is 6.07 Å². The third-order valence-electron chi connectivity index (χ3n) is 3.50. The third kappa shape index (κ3) is 2.87. The van der Waals surface area contributed by atoms with E-state index in [9.17, 15) is 0 Å². The lowest BCUT2D eigenvalue weighted by Gasteiger charge is -2.04. The van der Waals surface area contributed by atoms with Crippen LogP contribution in [0.2, 0.25) is 5.02 Å². The van der Waals surface area contributed by atoms with Gasteiger partial charge >= 0.3 is 0 Å². The number of anilines is 1. The average Bonchev–Trinajstić information content (AvgIpc) is 2.84. The van der Waals surface area contributed by atoms with Crippen molar-refractivity contribution in [1.82, 2.24) is 14.5 Å². The monoisotopic (exact) mass is 311 g/mol. The van der Waals surface area contributed by atoms with Gasteiger partial charge in [-0.1, -0.05) is 17.7 Å². The van der Waals surface area contributed by atoms with Crippen LogP contribution in [0.25, 0.3) is 10.9 Å². The fourth-order valence-corrected chi connectivity index (χ4v) is 2.61. The molecule has 6 heteroatoms. The number of nitriles is 1. The molecule has 0 bridgehead atoms. The molecule has 3 rings (SSSR count). The maximum absolute atomic E-state index is 8.69. The van der Waals surface area contributed by atoms with E-state index < -0.39 is 0 Å². The summed E-state index contributed by atoms with van der Waals surface area (Å²) in [4.78, 5) is 8.12. The Morgan fingerprint density at radius 1 is 1.32 bits per heavy atom. The summed E-state index contributed by atoms with van der Waals surface area (Å²) in [7, 11) is 2.02. The first-order valence-electron chi connectivity index (χ1n) is 6.87. The zero-order chi connectivity index (χ0) is 15.5. The van der Waals surface area contributed by atoms with E-state index in [1.165, 1.54) is 17.1 Å². The molecule has 0 aliphatic carbocycles. The van der Waals surface area contributed by atoms with E-state index in [0.717, 1.165) is 23.5 Å². The number of nitrogens with one attached hydrogen (secondary N) is 1. The zero-order valence-electron chi connectivity index (χ0n) is 12.0. The van der Waals surface area contributed by atoms with Gasteiger partial charge < -0.3 is 9.88 Å². The number of nitrogens with zero attached hydrogens (tertiary/aromatic N) is 4. The Labute approximate surface area is 133 Å². The van der Waals surface area contributed by atoms with E-state index in [0.29, 0.717) is 11.5 Å². The second-order valence-corrected chi connectivity index (χ2v) is 5.44. The molecule has 0 radical (unpaired) electrons. The molecule has 1 N–H and O–H groups in total. The Hall–Kier alpha value is -2.58. The predicted octanol–water partition coefficient (Wildman–Crippen LogP) is 3.15. The van der Waals surface area contributed by atoms with Crippen LogP contribution in [0, 0.1) is 11.3 Å². The molecular formula is C16H14ClN5. The summed E-state index contributed by atoms with van der Waals surface area (Å²) in [6.45, 7) is 0.738. The van der Waals surface area contributed by atoms with Crippen molar-refractivity contribution in [3.05, 3.63) is 53.1 Å². The van der Waals surface area contributed by atoms with E-state index in [1.54, 1.807) is 6.20 Å². The lowest BCUT2D eigenvalue weighted by Crippen LogP contribution is -2.06. The van der Waals surface area contributed by atoms with Gasteiger partial charge in [-0.2, -0.15) is 5.26 Å². The fourth-order valence-electron chi connectivity index (χ4n) is 2.44. The van der Waals surface area contributed by atoms with Crippen LogP contribution in [0.15, 0.2) is 36.8 Å². The van der Waals surface area contributed by atoms with E-state index >= 15 is 0 Å². The smallest absolute Gasteiger partial charge is 0.158 e. The molecule has 3 aromatic rings. The summed E-state index contributed by atoms with van der Waals surface area (Å²) in [5.41, 5.74) is 2.69. The molecule has 0 saturated heterocycles. The number of rotatable bonds is 4. The van der Waals surface area contributed by atoms with Crippen LogP contribution in [0.1, 0.15) is 11.3 Å². The highest BCUT2D eigenvalue weighted by Crippen LogP contribution is 2.24. The van der Waals surface area contributed by atoms with E-state index in [1.807, 2.05) is 25.2 Å². The van der Waals surface area contributed by atoms with E-state index in [4.69, 9.17) is 16.9 Å². The van der Waals surface area contributed by atoms with Gasteiger partial charge in [-0.05, 0) is 24.1 Å². The molecule has 110 valence electrons. The second kappa shape index (κ2) is 6.04.